The highest BCUT2D eigenvalue weighted by atomic mass is 16.6. The van der Waals surface area contributed by atoms with Crippen molar-refractivity contribution in [2.75, 3.05) is 13.2 Å². The summed E-state index contributed by atoms with van der Waals surface area (Å²) in [6, 6.07) is 0. The Kier molecular flexibility index (Phi) is 65.6. The lowest BCUT2D eigenvalue weighted by Gasteiger charge is -2.18. The Morgan fingerprint density at radius 1 is 0.244 bits per heavy atom. The Bertz CT molecular complexity index is 1260. The van der Waals surface area contributed by atoms with Gasteiger partial charge in [0.25, 0.3) is 0 Å². The van der Waals surface area contributed by atoms with Crippen LogP contribution < -0.4 is 0 Å². The van der Waals surface area contributed by atoms with Gasteiger partial charge < -0.3 is 14.2 Å². The summed E-state index contributed by atoms with van der Waals surface area (Å²) in [5.74, 6) is -0.853. The van der Waals surface area contributed by atoms with Crippen molar-refractivity contribution in [2.24, 2.45) is 0 Å². The van der Waals surface area contributed by atoms with Crippen LogP contribution in [0, 0.1) is 0 Å². The van der Waals surface area contributed by atoms with Crippen molar-refractivity contribution in [3.05, 3.63) is 24.3 Å². The van der Waals surface area contributed by atoms with Gasteiger partial charge >= 0.3 is 17.9 Å². The van der Waals surface area contributed by atoms with Gasteiger partial charge in [-0.1, -0.05) is 334 Å². The van der Waals surface area contributed by atoms with Gasteiger partial charge in [0.05, 0.1) is 0 Å². The summed E-state index contributed by atoms with van der Waals surface area (Å²) in [6.45, 7) is 6.68. The van der Waals surface area contributed by atoms with Crippen molar-refractivity contribution in [1.29, 1.82) is 0 Å². The number of hydrogen-bond donors (Lipinski definition) is 0. The van der Waals surface area contributed by atoms with Crippen LogP contribution in [0.25, 0.3) is 0 Å². The second-order valence-electron chi connectivity index (χ2n) is 24.1. The fourth-order valence-corrected chi connectivity index (χ4v) is 10.8. The summed E-state index contributed by atoms with van der Waals surface area (Å²) < 4.78 is 17.0. The highest BCUT2D eigenvalue weighted by Gasteiger charge is 2.19. The normalized spacial score (nSPS) is 12.1. The van der Waals surface area contributed by atoms with Gasteiger partial charge in [0.15, 0.2) is 6.10 Å². The van der Waals surface area contributed by atoms with E-state index in [-0.39, 0.29) is 31.1 Å². The first kappa shape index (κ1) is 75.9. The summed E-state index contributed by atoms with van der Waals surface area (Å²) in [5.41, 5.74) is 0. The average molecular weight is 1100 g/mol. The first-order valence-electron chi connectivity index (χ1n) is 35.3. The maximum atomic E-state index is 12.9. The van der Waals surface area contributed by atoms with E-state index in [4.69, 9.17) is 14.2 Å². The van der Waals surface area contributed by atoms with Crippen LogP contribution in [0.4, 0.5) is 0 Å². The summed E-state index contributed by atoms with van der Waals surface area (Å²) in [7, 11) is 0. The van der Waals surface area contributed by atoms with E-state index < -0.39 is 6.10 Å². The SMILES string of the molecule is CCCCC/C=C\CCCCCCCC(=O)OCC(COC(=O)CCCCCCCCCCCCCCCCCCCCCCCCCCCCCCC)OC(=O)CCCCCCCCCCC/C=C\CCCCCCCC. The molecule has 0 radical (unpaired) electrons. The van der Waals surface area contributed by atoms with Crippen molar-refractivity contribution in [1.82, 2.24) is 0 Å². The van der Waals surface area contributed by atoms with Crippen LogP contribution in [0.3, 0.4) is 0 Å². The molecule has 0 aliphatic rings. The summed E-state index contributed by atoms with van der Waals surface area (Å²) >= 11 is 0. The van der Waals surface area contributed by atoms with Gasteiger partial charge in [0.2, 0.25) is 0 Å². The molecule has 0 saturated heterocycles. The van der Waals surface area contributed by atoms with Crippen LogP contribution in [0.15, 0.2) is 24.3 Å². The molecule has 6 nitrogen and oxygen atoms in total. The number of rotatable bonds is 66. The van der Waals surface area contributed by atoms with E-state index in [1.165, 1.54) is 295 Å². The molecule has 0 aliphatic carbocycles. The molecule has 0 saturated carbocycles. The smallest absolute Gasteiger partial charge is 0.306 e. The van der Waals surface area contributed by atoms with Gasteiger partial charge in [0.1, 0.15) is 13.2 Å². The van der Waals surface area contributed by atoms with Crippen molar-refractivity contribution in [2.45, 2.75) is 406 Å². The van der Waals surface area contributed by atoms with E-state index >= 15 is 0 Å². The van der Waals surface area contributed by atoms with Crippen molar-refractivity contribution in [3.63, 3.8) is 0 Å². The van der Waals surface area contributed by atoms with E-state index in [1.54, 1.807) is 0 Å². The summed E-state index contributed by atoms with van der Waals surface area (Å²) in [6.07, 6.45) is 82.2. The highest BCUT2D eigenvalue weighted by Crippen LogP contribution is 2.19. The fourth-order valence-electron chi connectivity index (χ4n) is 10.8. The van der Waals surface area contributed by atoms with Crippen LogP contribution in [0.2, 0.25) is 0 Å². The second-order valence-corrected chi connectivity index (χ2v) is 24.1. The van der Waals surface area contributed by atoms with Crippen LogP contribution in [0.5, 0.6) is 0 Å². The summed E-state index contributed by atoms with van der Waals surface area (Å²) in [4.78, 5) is 38.3. The molecule has 460 valence electrons. The lowest BCUT2D eigenvalue weighted by atomic mass is 10.0. The largest absolute Gasteiger partial charge is 0.462 e. The number of allylic oxidation sites excluding steroid dienone is 4. The van der Waals surface area contributed by atoms with Gasteiger partial charge in [-0.2, -0.15) is 0 Å². The quantitative estimate of drug-likeness (QED) is 0.0261. The average Bonchev–Trinajstić information content (AvgIpc) is 3.44. The molecule has 0 spiro atoms. The first-order valence-corrected chi connectivity index (χ1v) is 35.3. The van der Waals surface area contributed by atoms with E-state index in [9.17, 15) is 14.4 Å². The lowest BCUT2D eigenvalue weighted by molar-refractivity contribution is -0.167. The second kappa shape index (κ2) is 67.4. The minimum absolute atomic E-state index is 0.0695. The molecule has 1 atom stereocenters. The molecule has 0 aromatic heterocycles. The third-order valence-corrected chi connectivity index (χ3v) is 16.2. The zero-order chi connectivity index (χ0) is 56.4. The van der Waals surface area contributed by atoms with E-state index in [2.05, 4.69) is 45.1 Å². The number of carbonyl (C=O) groups is 3. The molecule has 0 N–H and O–H groups in total. The molecule has 1 unspecified atom stereocenters. The molecule has 6 heteroatoms. The first-order chi connectivity index (χ1) is 38.5. The predicted octanol–water partition coefficient (Wildman–Crippen LogP) is 24.2. The molecule has 0 amide bonds. The Labute approximate surface area is 487 Å². The van der Waals surface area contributed by atoms with E-state index in [1.807, 2.05) is 0 Å². The highest BCUT2D eigenvalue weighted by molar-refractivity contribution is 5.71. The van der Waals surface area contributed by atoms with Gasteiger partial charge in [-0.15, -0.1) is 0 Å². The zero-order valence-corrected chi connectivity index (χ0v) is 53.0. The van der Waals surface area contributed by atoms with E-state index in [0.717, 1.165) is 64.2 Å². The van der Waals surface area contributed by atoms with Crippen LogP contribution >= 0.6 is 0 Å². The number of carbonyl (C=O) groups excluding carboxylic acids is 3. The minimum Gasteiger partial charge on any atom is -0.462 e. The predicted molar refractivity (Wildman–Crippen MR) is 340 cm³/mol. The molecule has 0 fully saturated rings. The molecular formula is C72H136O6. The maximum absolute atomic E-state index is 12.9. The van der Waals surface area contributed by atoms with Crippen LogP contribution in [-0.4, -0.2) is 37.2 Å². The Morgan fingerprint density at radius 2 is 0.423 bits per heavy atom. The number of hydrogen-bond acceptors (Lipinski definition) is 6. The maximum Gasteiger partial charge on any atom is 0.306 e. The van der Waals surface area contributed by atoms with E-state index in [0.29, 0.717) is 19.3 Å². The van der Waals surface area contributed by atoms with Crippen molar-refractivity contribution < 1.29 is 28.6 Å². The lowest BCUT2D eigenvalue weighted by Crippen LogP contribution is -2.30. The number of esters is 3. The van der Waals surface area contributed by atoms with Gasteiger partial charge in [-0.05, 0) is 70.6 Å². The third kappa shape index (κ3) is 64.7. The molecule has 0 heterocycles. The summed E-state index contributed by atoms with van der Waals surface area (Å²) in [5, 5.41) is 0. The molecule has 0 aliphatic heterocycles. The van der Waals surface area contributed by atoms with Crippen LogP contribution in [-0.2, 0) is 28.6 Å². The Morgan fingerprint density at radius 3 is 0.667 bits per heavy atom. The topological polar surface area (TPSA) is 78.9 Å². The minimum atomic E-state index is -0.773. The van der Waals surface area contributed by atoms with Gasteiger partial charge in [-0.25, -0.2) is 0 Å². The molecule has 0 rings (SSSR count). The molecule has 0 aromatic carbocycles. The zero-order valence-electron chi connectivity index (χ0n) is 53.0. The monoisotopic (exact) mass is 1100 g/mol. The number of ether oxygens (including phenoxy) is 3. The molecule has 78 heavy (non-hydrogen) atoms. The standard InChI is InChI=1S/C72H136O6/c1-4-7-10-13-16-19-22-25-27-29-31-32-33-34-35-36-37-38-39-40-42-43-45-47-50-53-56-59-62-65-71(74)77-68-69(67-76-70(73)64-61-58-55-52-49-24-21-18-15-12-9-6-3)78-72(75)66-63-60-57-54-51-48-46-44-41-30-28-26-23-20-17-14-11-8-5-2/h18,21,26,28,69H,4-17,19-20,22-25,27,29-68H2,1-3H3/b21-18-,28-26-. The Balaban J connectivity index is 4.14. The van der Waals surface area contributed by atoms with Gasteiger partial charge in [0, 0.05) is 19.3 Å². The van der Waals surface area contributed by atoms with Gasteiger partial charge in [-0.3, -0.25) is 14.4 Å². The molecule has 0 bridgehead atoms. The third-order valence-electron chi connectivity index (χ3n) is 16.2. The molecule has 0 aromatic rings. The Hall–Kier alpha value is -2.11. The van der Waals surface area contributed by atoms with Crippen molar-refractivity contribution >= 4 is 17.9 Å². The fraction of sp³-hybridized carbons (Fsp3) is 0.903. The molecular weight excluding hydrogens is 961 g/mol. The van der Waals surface area contributed by atoms with Crippen LogP contribution in [0.1, 0.15) is 400 Å². The number of unbranched alkanes of at least 4 members (excludes halogenated alkanes) is 51. The van der Waals surface area contributed by atoms with Crippen molar-refractivity contribution in [3.8, 4) is 0 Å².